The van der Waals surface area contributed by atoms with E-state index < -0.39 is 0 Å². The van der Waals surface area contributed by atoms with Crippen LogP contribution in [0.15, 0.2) is 30.3 Å². The first-order valence-electron chi connectivity index (χ1n) is 7.29. The van der Waals surface area contributed by atoms with Crippen LogP contribution >= 0.6 is 15.9 Å². The first-order chi connectivity index (χ1) is 9.28. The molecule has 0 bridgehead atoms. The zero-order valence-electron chi connectivity index (χ0n) is 11.2. The normalized spacial score (nSPS) is 32.4. The Morgan fingerprint density at radius 3 is 2.68 bits per heavy atom. The van der Waals surface area contributed by atoms with Crippen LogP contribution in [0, 0.1) is 11.8 Å². The van der Waals surface area contributed by atoms with E-state index in [9.17, 15) is 5.11 Å². The van der Waals surface area contributed by atoms with Crippen LogP contribution in [0.4, 0.5) is 0 Å². The van der Waals surface area contributed by atoms with Crippen molar-refractivity contribution in [2.75, 3.05) is 25.0 Å². The molecule has 2 aliphatic rings. The van der Waals surface area contributed by atoms with Crippen LogP contribution in [-0.4, -0.2) is 41.1 Å². The molecule has 0 aromatic heterocycles. The molecular formula is C16H22BrNO. The summed E-state index contributed by atoms with van der Waals surface area (Å²) in [6.07, 6.45) is 2.19. The van der Waals surface area contributed by atoms with Crippen LogP contribution in [0.1, 0.15) is 24.3 Å². The van der Waals surface area contributed by atoms with Crippen LogP contribution in [0.5, 0.6) is 0 Å². The predicted molar refractivity (Wildman–Crippen MR) is 81.6 cm³/mol. The Bertz CT molecular complexity index is 410. The Hall–Kier alpha value is -0.380. The number of rotatable bonds is 4. The van der Waals surface area contributed by atoms with E-state index in [1.807, 2.05) is 0 Å². The fourth-order valence-corrected chi connectivity index (χ4v) is 4.34. The largest absolute Gasteiger partial charge is 0.393 e. The summed E-state index contributed by atoms with van der Waals surface area (Å²) < 4.78 is 0. The highest BCUT2D eigenvalue weighted by molar-refractivity contribution is 9.09. The van der Waals surface area contributed by atoms with Gasteiger partial charge in [-0.3, -0.25) is 0 Å². The zero-order chi connectivity index (χ0) is 13.2. The van der Waals surface area contributed by atoms with Gasteiger partial charge in [-0.1, -0.05) is 46.3 Å². The molecule has 2 nitrogen and oxygen atoms in total. The van der Waals surface area contributed by atoms with Crippen LogP contribution in [0.2, 0.25) is 0 Å². The molecule has 1 saturated carbocycles. The van der Waals surface area contributed by atoms with Gasteiger partial charge in [0.1, 0.15) is 0 Å². The fraction of sp³-hybridized carbons (Fsp3) is 0.625. The molecule has 0 amide bonds. The molecule has 3 rings (SSSR count). The second-order valence-electron chi connectivity index (χ2n) is 6.05. The average Bonchev–Trinajstić information content (AvgIpc) is 2.99. The fourth-order valence-electron chi connectivity index (χ4n) is 3.76. The lowest BCUT2D eigenvalue weighted by Gasteiger charge is -2.23. The van der Waals surface area contributed by atoms with Crippen LogP contribution in [0.25, 0.3) is 0 Å². The Balaban J connectivity index is 1.62. The summed E-state index contributed by atoms with van der Waals surface area (Å²) in [4.78, 5) is 2.55. The second kappa shape index (κ2) is 5.94. The maximum atomic E-state index is 9.99. The van der Waals surface area contributed by atoms with Gasteiger partial charge in [0.25, 0.3) is 0 Å². The van der Waals surface area contributed by atoms with Crippen molar-refractivity contribution < 1.29 is 5.11 Å². The van der Waals surface area contributed by atoms with Gasteiger partial charge < -0.3 is 10.0 Å². The van der Waals surface area contributed by atoms with Crippen molar-refractivity contribution >= 4 is 15.9 Å². The van der Waals surface area contributed by atoms with Gasteiger partial charge in [0.2, 0.25) is 0 Å². The van der Waals surface area contributed by atoms with E-state index in [2.05, 4.69) is 51.2 Å². The smallest absolute Gasteiger partial charge is 0.0583 e. The van der Waals surface area contributed by atoms with Crippen molar-refractivity contribution in [1.82, 2.24) is 4.90 Å². The highest BCUT2D eigenvalue weighted by Gasteiger charge is 2.41. The van der Waals surface area contributed by atoms with Gasteiger partial charge in [0.15, 0.2) is 0 Å². The number of halogens is 1. The molecule has 1 aromatic rings. The average molecular weight is 324 g/mol. The minimum absolute atomic E-state index is 0.0471. The van der Waals surface area contributed by atoms with Crippen molar-refractivity contribution in [1.29, 1.82) is 0 Å². The number of alkyl halides is 1. The number of aliphatic hydroxyl groups excluding tert-OH is 1. The summed E-state index contributed by atoms with van der Waals surface area (Å²) in [5.74, 6) is 1.82. The third kappa shape index (κ3) is 2.88. The van der Waals surface area contributed by atoms with Crippen molar-refractivity contribution in [2.24, 2.45) is 11.8 Å². The quantitative estimate of drug-likeness (QED) is 0.861. The highest BCUT2D eigenvalue weighted by atomic mass is 79.9. The third-order valence-electron chi connectivity index (χ3n) is 4.83. The van der Waals surface area contributed by atoms with Gasteiger partial charge in [-0.25, -0.2) is 0 Å². The zero-order valence-corrected chi connectivity index (χ0v) is 12.8. The van der Waals surface area contributed by atoms with Crippen molar-refractivity contribution in [3.05, 3.63) is 35.9 Å². The maximum absolute atomic E-state index is 9.99. The molecule has 1 aromatic carbocycles. The van der Waals surface area contributed by atoms with Gasteiger partial charge in [-0.05, 0) is 24.3 Å². The molecule has 4 unspecified atom stereocenters. The second-order valence-corrected chi connectivity index (χ2v) is 6.70. The van der Waals surface area contributed by atoms with Gasteiger partial charge in [-0.2, -0.15) is 0 Å². The summed E-state index contributed by atoms with van der Waals surface area (Å²) >= 11 is 3.66. The van der Waals surface area contributed by atoms with Gasteiger partial charge >= 0.3 is 0 Å². The Morgan fingerprint density at radius 2 is 2.00 bits per heavy atom. The Kier molecular flexibility index (Phi) is 4.25. The van der Waals surface area contributed by atoms with E-state index >= 15 is 0 Å². The maximum Gasteiger partial charge on any atom is 0.0583 e. The number of hydrogen-bond acceptors (Lipinski definition) is 2. The summed E-state index contributed by atoms with van der Waals surface area (Å²) in [5, 5.41) is 11.0. The number of benzene rings is 1. The molecule has 4 atom stereocenters. The molecule has 0 spiro atoms. The molecule has 1 saturated heterocycles. The third-order valence-corrected chi connectivity index (χ3v) is 5.61. The highest BCUT2D eigenvalue weighted by Crippen LogP contribution is 2.38. The van der Waals surface area contributed by atoms with Gasteiger partial charge in [0.05, 0.1) is 6.10 Å². The topological polar surface area (TPSA) is 23.5 Å². The number of nitrogens with zero attached hydrogens (tertiary/aromatic N) is 1. The molecule has 19 heavy (non-hydrogen) atoms. The number of likely N-dealkylation sites (tertiary alicyclic amines) is 1. The van der Waals surface area contributed by atoms with Crippen LogP contribution in [-0.2, 0) is 0 Å². The predicted octanol–water partition coefficient (Wildman–Crippen LogP) is 2.87. The molecule has 2 fully saturated rings. The van der Waals surface area contributed by atoms with Crippen molar-refractivity contribution in [2.45, 2.75) is 24.9 Å². The van der Waals surface area contributed by atoms with E-state index in [4.69, 9.17) is 0 Å². The standard InChI is InChI=1S/C16H22BrNO/c17-8-14(12-4-2-1-3-5-12)10-18-9-13-6-7-16(19)15(13)11-18/h1-5,13-16,19H,6-11H2. The minimum Gasteiger partial charge on any atom is -0.393 e. The minimum atomic E-state index is -0.0471. The summed E-state index contributed by atoms with van der Waals surface area (Å²) in [6.45, 7) is 3.37. The molecule has 3 heteroatoms. The van der Waals surface area contributed by atoms with Gasteiger partial charge in [-0.15, -0.1) is 0 Å². The lowest BCUT2D eigenvalue weighted by molar-refractivity contribution is 0.124. The Labute approximate surface area is 123 Å². The molecule has 1 aliphatic heterocycles. The molecule has 1 heterocycles. The first kappa shape index (κ1) is 13.6. The number of fused-ring (bicyclic) bond motifs is 1. The van der Waals surface area contributed by atoms with E-state index in [0.29, 0.717) is 11.8 Å². The summed E-state index contributed by atoms with van der Waals surface area (Å²) in [5.41, 5.74) is 1.41. The molecule has 0 radical (unpaired) electrons. The monoisotopic (exact) mass is 323 g/mol. The van der Waals surface area contributed by atoms with Crippen LogP contribution < -0.4 is 0 Å². The molecule has 1 aliphatic carbocycles. The number of hydrogen-bond donors (Lipinski definition) is 1. The van der Waals surface area contributed by atoms with Gasteiger partial charge in [0, 0.05) is 36.8 Å². The van der Waals surface area contributed by atoms with E-state index in [-0.39, 0.29) is 6.10 Å². The number of aliphatic hydroxyl groups is 1. The summed E-state index contributed by atoms with van der Waals surface area (Å²) in [7, 11) is 0. The van der Waals surface area contributed by atoms with Crippen LogP contribution in [0.3, 0.4) is 0 Å². The van der Waals surface area contributed by atoms with E-state index in [1.54, 1.807) is 0 Å². The first-order valence-corrected chi connectivity index (χ1v) is 8.41. The summed E-state index contributed by atoms with van der Waals surface area (Å²) in [6, 6.07) is 10.8. The lowest BCUT2D eigenvalue weighted by Crippen LogP contribution is -2.29. The van der Waals surface area contributed by atoms with Crippen molar-refractivity contribution in [3.63, 3.8) is 0 Å². The molecule has 104 valence electrons. The Morgan fingerprint density at radius 1 is 1.21 bits per heavy atom. The van der Waals surface area contributed by atoms with E-state index in [0.717, 1.165) is 30.8 Å². The molecular weight excluding hydrogens is 302 g/mol. The molecule has 1 N–H and O–H groups in total. The van der Waals surface area contributed by atoms with E-state index in [1.165, 1.54) is 18.5 Å². The van der Waals surface area contributed by atoms with Crippen molar-refractivity contribution in [3.8, 4) is 0 Å². The lowest BCUT2D eigenvalue weighted by atomic mass is 9.99. The SMILES string of the molecule is OC1CCC2CN(CC(CBr)c3ccccc3)CC12.